The summed E-state index contributed by atoms with van der Waals surface area (Å²) >= 11 is 0. The molecule has 0 aromatic carbocycles. The summed E-state index contributed by atoms with van der Waals surface area (Å²) in [5.74, 6) is -0.0978. The number of carbonyl (C=O) groups is 1. The molecule has 0 aliphatic heterocycles. The minimum absolute atomic E-state index is 0.235. The molecule has 2 N–H and O–H groups in total. The molecular formula is C7H13NO2. The van der Waals surface area contributed by atoms with Crippen molar-refractivity contribution >= 4 is 5.97 Å². The van der Waals surface area contributed by atoms with Gasteiger partial charge in [-0.2, -0.15) is 0 Å². The minimum Gasteiger partial charge on any atom is -0.466 e. The Kier molecular flexibility index (Phi) is 4.58. The van der Waals surface area contributed by atoms with E-state index in [1.807, 2.05) is 6.92 Å². The molecule has 0 heterocycles. The van der Waals surface area contributed by atoms with E-state index in [-0.39, 0.29) is 11.9 Å². The van der Waals surface area contributed by atoms with Gasteiger partial charge in [0, 0.05) is 6.08 Å². The first-order valence-electron chi connectivity index (χ1n) is 3.17. The maximum absolute atomic E-state index is 10.5. The Bertz CT molecular complexity index is 132. The van der Waals surface area contributed by atoms with Crippen molar-refractivity contribution in [2.24, 2.45) is 11.7 Å². The van der Waals surface area contributed by atoms with E-state index in [9.17, 15) is 4.79 Å². The van der Waals surface area contributed by atoms with E-state index in [4.69, 9.17) is 5.73 Å². The highest BCUT2D eigenvalue weighted by Crippen LogP contribution is 1.92. The van der Waals surface area contributed by atoms with E-state index in [1.54, 1.807) is 6.08 Å². The van der Waals surface area contributed by atoms with Crippen LogP contribution in [-0.2, 0) is 9.53 Å². The molecule has 0 aromatic heterocycles. The quantitative estimate of drug-likeness (QED) is 0.457. The fourth-order valence-corrected chi connectivity index (χ4v) is 0.389. The predicted molar refractivity (Wildman–Crippen MR) is 39.4 cm³/mol. The molecule has 10 heavy (non-hydrogen) atoms. The lowest BCUT2D eigenvalue weighted by Gasteiger charge is -1.97. The van der Waals surface area contributed by atoms with Crippen LogP contribution >= 0.6 is 0 Å². The van der Waals surface area contributed by atoms with Crippen molar-refractivity contribution in [3.8, 4) is 0 Å². The fourth-order valence-electron chi connectivity index (χ4n) is 0.389. The molecule has 58 valence electrons. The van der Waals surface area contributed by atoms with Crippen molar-refractivity contribution in [3.63, 3.8) is 0 Å². The summed E-state index contributed by atoms with van der Waals surface area (Å²) in [5, 5.41) is 0. The topological polar surface area (TPSA) is 52.3 Å². The number of carbonyl (C=O) groups excluding carboxylic acids is 1. The van der Waals surface area contributed by atoms with Gasteiger partial charge in [0.25, 0.3) is 0 Å². The number of hydrogen-bond donors (Lipinski definition) is 1. The highest BCUT2D eigenvalue weighted by Gasteiger charge is 1.94. The van der Waals surface area contributed by atoms with Gasteiger partial charge in [0.2, 0.25) is 0 Å². The molecule has 0 spiro atoms. The van der Waals surface area contributed by atoms with Crippen LogP contribution in [0.25, 0.3) is 0 Å². The largest absolute Gasteiger partial charge is 0.466 e. The van der Waals surface area contributed by atoms with Gasteiger partial charge < -0.3 is 10.5 Å². The molecule has 0 amide bonds. The van der Waals surface area contributed by atoms with Crippen molar-refractivity contribution in [1.82, 2.24) is 0 Å². The van der Waals surface area contributed by atoms with Gasteiger partial charge in [0.15, 0.2) is 0 Å². The van der Waals surface area contributed by atoms with E-state index in [1.165, 1.54) is 13.2 Å². The lowest BCUT2D eigenvalue weighted by molar-refractivity contribution is -0.134. The lowest BCUT2D eigenvalue weighted by atomic mass is 10.2. The van der Waals surface area contributed by atoms with E-state index in [2.05, 4.69) is 4.74 Å². The summed E-state index contributed by atoms with van der Waals surface area (Å²) in [5.41, 5.74) is 5.30. The molecule has 0 fully saturated rings. The van der Waals surface area contributed by atoms with Crippen LogP contribution in [0.15, 0.2) is 12.2 Å². The van der Waals surface area contributed by atoms with E-state index in [0.717, 1.165) is 0 Å². The zero-order valence-electron chi connectivity index (χ0n) is 6.33. The number of hydrogen-bond acceptors (Lipinski definition) is 3. The summed E-state index contributed by atoms with van der Waals surface area (Å²) in [7, 11) is 1.35. The number of esters is 1. The third-order valence-electron chi connectivity index (χ3n) is 1.13. The summed E-state index contributed by atoms with van der Waals surface area (Å²) in [6.07, 6.45) is 3.11. The van der Waals surface area contributed by atoms with Crippen LogP contribution in [0.3, 0.4) is 0 Å². The molecule has 0 aliphatic rings. The van der Waals surface area contributed by atoms with Gasteiger partial charge in [0.1, 0.15) is 0 Å². The van der Waals surface area contributed by atoms with E-state index < -0.39 is 0 Å². The van der Waals surface area contributed by atoms with E-state index in [0.29, 0.717) is 6.54 Å². The molecule has 0 aromatic rings. The second-order valence-electron chi connectivity index (χ2n) is 2.10. The Morgan fingerprint density at radius 1 is 1.80 bits per heavy atom. The van der Waals surface area contributed by atoms with Crippen LogP contribution < -0.4 is 5.73 Å². The highest BCUT2D eigenvalue weighted by molar-refractivity contribution is 5.81. The van der Waals surface area contributed by atoms with Gasteiger partial charge in [0.05, 0.1) is 7.11 Å². The molecule has 0 radical (unpaired) electrons. The maximum Gasteiger partial charge on any atom is 0.330 e. The van der Waals surface area contributed by atoms with Crippen molar-refractivity contribution in [2.75, 3.05) is 13.7 Å². The van der Waals surface area contributed by atoms with Gasteiger partial charge in [-0.25, -0.2) is 4.79 Å². The van der Waals surface area contributed by atoms with E-state index >= 15 is 0 Å². The average Bonchev–Trinajstić information content (AvgIpc) is 1.99. The first-order valence-corrected chi connectivity index (χ1v) is 3.17. The third-order valence-corrected chi connectivity index (χ3v) is 1.13. The van der Waals surface area contributed by atoms with Crippen LogP contribution in [0.5, 0.6) is 0 Å². The number of methoxy groups -OCH3 is 1. The molecule has 0 rings (SSSR count). The third kappa shape index (κ3) is 4.09. The van der Waals surface area contributed by atoms with Crippen molar-refractivity contribution in [3.05, 3.63) is 12.2 Å². The smallest absolute Gasteiger partial charge is 0.330 e. The Balaban J connectivity index is 3.63. The molecule has 0 saturated carbocycles. The Labute approximate surface area is 60.9 Å². The van der Waals surface area contributed by atoms with Crippen LogP contribution in [-0.4, -0.2) is 19.6 Å². The lowest BCUT2D eigenvalue weighted by Crippen LogP contribution is -2.08. The van der Waals surface area contributed by atoms with Gasteiger partial charge in [-0.3, -0.25) is 0 Å². The Hall–Kier alpha value is -0.830. The van der Waals surface area contributed by atoms with Gasteiger partial charge in [-0.15, -0.1) is 0 Å². The number of nitrogens with two attached hydrogens (primary N) is 1. The van der Waals surface area contributed by atoms with Gasteiger partial charge in [-0.05, 0) is 12.5 Å². The van der Waals surface area contributed by atoms with Crippen molar-refractivity contribution in [2.45, 2.75) is 6.92 Å². The summed E-state index contributed by atoms with van der Waals surface area (Å²) in [6.45, 7) is 2.48. The predicted octanol–water partition coefficient (Wildman–Crippen LogP) is 0.310. The van der Waals surface area contributed by atoms with Gasteiger partial charge >= 0.3 is 5.97 Å². The molecule has 1 atom stereocenters. The zero-order chi connectivity index (χ0) is 7.98. The average molecular weight is 143 g/mol. The number of rotatable bonds is 3. The number of ether oxygens (including phenoxy) is 1. The Morgan fingerprint density at radius 2 is 2.40 bits per heavy atom. The summed E-state index contributed by atoms with van der Waals surface area (Å²) in [6, 6.07) is 0. The fraction of sp³-hybridized carbons (Fsp3) is 0.571. The first-order chi connectivity index (χ1) is 4.70. The SMILES string of the molecule is COC(=O)/C=C/C(C)CN. The summed E-state index contributed by atoms with van der Waals surface area (Å²) < 4.78 is 4.38. The molecule has 0 bridgehead atoms. The molecule has 0 saturated heterocycles. The van der Waals surface area contributed by atoms with Crippen molar-refractivity contribution in [1.29, 1.82) is 0 Å². The van der Waals surface area contributed by atoms with Crippen LogP contribution in [0.4, 0.5) is 0 Å². The molecule has 3 heteroatoms. The van der Waals surface area contributed by atoms with Crippen molar-refractivity contribution < 1.29 is 9.53 Å². The maximum atomic E-state index is 10.5. The normalized spacial score (nSPS) is 13.5. The minimum atomic E-state index is -0.333. The van der Waals surface area contributed by atoms with Crippen LogP contribution in [0.2, 0.25) is 0 Å². The zero-order valence-corrected chi connectivity index (χ0v) is 6.33. The Morgan fingerprint density at radius 3 is 2.80 bits per heavy atom. The molecule has 3 nitrogen and oxygen atoms in total. The van der Waals surface area contributed by atoms with Crippen LogP contribution in [0, 0.1) is 5.92 Å². The molecular weight excluding hydrogens is 130 g/mol. The van der Waals surface area contributed by atoms with Gasteiger partial charge in [-0.1, -0.05) is 13.0 Å². The second kappa shape index (κ2) is 4.99. The molecule has 1 unspecified atom stereocenters. The molecule has 0 aliphatic carbocycles. The standard InChI is InChI=1S/C7H13NO2/c1-6(5-8)3-4-7(9)10-2/h3-4,6H,5,8H2,1-2H3/b4-3+. The first kappa shape index (κ1) is 9.17. The monoisotopic (exact) mass is 143 g/mol. The highest BCUT2D eigenvalue weighted by atomic mass is 16.5. The summed E-state index contributed by atoms with van der Waals surface area (Å²) in [4.78, 5) is 10.5. The van der Waals surface area contributed by atoms with Crippen LogP contribution in [0.1, 0.15) is 6.92 Å². The second-order valence-corrected chi connectivity index (χ2v) is 2.10.